The molecule has 6 nitrogen and oxygen atoms in total. The number of nitrogens with two attached hydrogens (primary N) is 1. The Morgan fingerprint density at radius 1 is 0.949 bits per heavy atom. The van der Waals surface area contributed by atoms with Crippen molar-refractivity contribution in [1.29, 1.82) is 0 Å². The number of fused-ring (bicyclic) bond motifs is 3. The summed E-state index contributed by atoms with van der Waals surface area (Å²) in [6, 6.07) is 25.4. The number of carbonyl (C=O) groups excluding carboxylic acids is 1. The number of pyridine rings is 1. The van der Waals surface area contributed by atoms with Gasteiger partial charge in [-0.05, 0) is 64.6 Å². The lowest BCUT2D eigenvalue weighted by atomic mass is 9.98. The predicted octanol–water partition coefficient (Wildman–Crippen LogP) is 5.30. The van der Waals surface area contributed by atoms with Gasteiger partial charge >= 0.3 is 0 Å². The molecule has 1 aliphatic rings. The lowest BCUT2D eigenvalue weighted by Gasteiger charge is -2.26. The third-order valence-corrected chi connectivity index (χ3v) is 7.01. The summed E-state index contributed by atoms with van der Waals surface area (Å²) in [6.07, 6.45) is 4.75. The minimum absolute atomic E-state index is 0.112. The fourth-order valence-electron chi connectivity index (χ4n) is 4.84. The maximum Gasteiger partial charge on any atom is 0.240 e. The maximum atomic E-state index is 13.4. The maximum absolute atomic E-state index is 13.4. The SMILES string of the molecule is N[C@@H](Cc1cccc(Cl)c1)C(=O)N1CCOCCOc2ccc(-c3cccnc3)cc2Cc2cccc(c2)C1. The molecule has 0 saturated carbocycles. The molecular formula is C32H32ClN3O3. The first kappa shape index (κ1) is 26.9. The van der Waals surface area contributed by atoms with Crippen LogP contribution < -0.4 is 10.5 Å². The first-order chi connectivity index (χ1) is 19.0. The zero-order chi connectivity index (χ0) is 27.0. The van der Waals surface area contributed by atoms with Crippen molar-refractivity contribution in [3.63, 3.8) is 0 Å². The molecule has 1 atom stereocenters. The van der Waals surface area contributed by atoms with Gasteiger partial charge in [0.25, 0.3) is 0 Å². The van der Waals surface area contributed by atoms with E-state index in [0.29, 0.717) is 50.8 Å². The molecule has 7 heteroatoms. The molecule has 2 heterocycles. The van der Waals surface area contributed by atoms with E-state index in [-0.39, 0.29) is 5.91 Å². The van der Waals surface area contributed by atoms with Crippen LogP contribution in [0.1, 0.15) is 22.3 Å². The van der Waals surface area contributed by atoms with Crippen molar-refractivity contribution in [3.05, 3.63) is 119 Å². The summed E-state index contributed by atoms with van der Waals surface area (Å²) in [5.74, 6) is 0.733. The van der Waals surface area contributed by atoms with E-state index in [9.17, 15) is 4.79 Å². The summed E-state index contributed by atoms with van der Waals surface area (Å²) in [7, 11) is 0. The molecule has 2 N–H and O–H groups in total. The molecule has 0 aliphatic carbocycles. The topological polar surface area (TPSA) is 77.7 Å². The average Bonchev–Trinajstić information content (AvgIpc) is 2.94. The fraction of sp³-hybridized carbons (Fsp3) is 0.250. The molecule has 0 saturated heterocycles. The number of halogens is 1. The number of carbonyl (C=O) groups is 1. The molecule has 1 amide bonds. The number of rotatable bonds is 4. The molecular weight excluding hydrogens is 510 g/mol. The summed E-state index contributed by atoms with van der Waals surface area (Å²) < 4.78 is 12.0. The van der Waals surface area contributed by atoms with Gasteiger partial charge in [-0.2, -0.15) is 0 Å². The van der Waals surface area contributed by atoms with E-state index in [0.717, 1.165) is 39.1 Å². The van der Waals surface area contributed by atoms with Crippen LogP contribution in [0, 0.1) is 0 Å². The van der Waals surface area contributed by atoms with E-state index in [1.165, 1.54) is 0 Å². The smallest absolute Gasteiger partial charge is 0.240 e. The third-order valence-electron chi connectivity index (χ3n) is 6.78. The summed E-state index contributed by atoms with van der Waals surface area (Å²) >= 11 is 6.13. The highest BCUT2D eigenvalue weighted by molar-refractivity contribution is 6.30. The number of nitrogens with zero attached hydrogens (tertiary/aromatic N) is 2. The van der Waals surface area contributed by atoms with Crippen LogP contribution in [0.5, 0.6) is 5.75 Å². The Morgan fingerprint density at radius 2 is 1.82 bits per heavy atom. The van der Waals surface area contributed by atoms with Gasteiger partial charge in [0.05, 0.1) is 19.3 Å². The standard InChI is InChI=1S/C32H32ClN3O3/c33-29-8-2-5-24(18-29)19-30(34)32(37)36-12-13-38-14-15-39-31-10-9-26(27-7-3-11-35-21-27)20-28(31)17-23-4-1-6-25(16-23)22-36/h1-11,16,18,20-21,30H,12-15,17,19,22,34H2/t30-/m0/s1. The highest BCUT2D eigenvalue weighted by Crippen LogP contribution is 2.29. The van der Waals surface area contributed by atoms with Crippen LogP contribution in [0.4, 0.5) is 0 Å². The molecule has 5 rings (SSSR count). The van der Waals surface area contributed by atoms with E-state index >= 15 is 0 Å². The van der Waals surface area contributed by atoms with Crippen molar-refractivity contribution < 1.29 is 14.3 Å². The largest absolute Gasteiger partial charge is 0.491 e. The average molecular weight is 542 g/mol. The van der Waals surface area contributed by atoms with E-state index in [4.69, 9.17) is 26.8 Å². The van der Waals surface area contributed by atoms with Crippen LogP contribution in [0.3, 0.4) is 0 Å². The van der Waals surface area contributed by atoms with Crippen LogP contribution in [0.15, 0.2) is 91.3 Å². The van der Waals surface area contributed by atoms with Crippen LogP contribution in [-0.2, 0) is 28.9 Å². The van der Waals surface area contributed by atoms with Gasteiger partial charge < -0.3 is 20.1 Å². The molecule has 39 heavy (non-hydrogen) atoms. The highest BCUT2D eigenvalue weighted by Gasteiger charge is 2.22. The van der Waals surface area contributed by atoms with Crippen LogP contribution in [-0.4, -0.2) is 48.2 Å². The zero-order valence-corrected chi connectivity index (χ0v) is 22.5. The minimum atomic E-state index is -0.674. The van der Waals surface area contributed by atoms with Gasteiger partial charge in [0, 0.05) is 42.5 Å². The fourth-order valence-corrected chi connectivity index (χ4v) is 5.06. The molecule has 0 fully saturated rings. The van der Waals surface area contributed by atoms with Crippen LogP contribution >= 0.6 is 11.6 Å². The molecule has 1 aromatic heterocycles. The monoisotopic (exact) mass is 541 g/mol. The van der Waals surface area contributed by atoms with Crippen molar-refractivity contribution in [2.75, 3.05) is 26.4 Å². The summed E-state index contributed by atoms with van der Waals surface area (Å²) in [5, 5.41) is 0.631. The molecule has 0 spiro atoms. The minimum Gasteiger partial charge on any atom is -0.491 e. The molecule has 200 valence electrons. The Bertz CT molecular complexity index is 1410. The number of amides is 1. The van der Waals surface area contributed by atoms with Crippen LogP contribution in [0.2, 0.25) is 5.02 Å². The van der Waals surface area contributed by atoms with Gasteiger partial charge in [0.2, 0.25) is 5.91 Å². The first-order valence-corrected chi connectivity index (χ1v) is 13.5. The highest BCUT2D eigenvalue weighted by atomic mass is 35.5. The molecule has 0 unspecified atom stereocenters. The first-order valence-electron chi connectivity index (χ1n) is 13.2. The Balaban J connectivity index is 1.38. The number of aromatic nitrogens is 1. The van der Waals surface area contributed by atoms with Crippen molar-refractivity contribution in [3.8, 4) is 16.9 Å². The molecule has 0 radical (unpaired) electrons. The lowest BCUT2D eigenvalue weighted by molar-refractivity contribution is -0.134. The van der Waals surface area contributed by atoms with E-state index < -0.39 is 6.04 Å². The molecule has 3 aromatic carbocycles. The van der Waals surface area contributed by atoms with E-state index in [2.05, 4.69) is 35.3 Å². The van der Waals surface area contributed by atoms with Crippen molar-refractivity contribution in [2.45, 2.75) is 25.4 Å². The van der Waals surface area contributed by atoms with Crippen molar-refractivity contribution in [2.24, 2.45) is 5.73 Å². The number of hydrogen-bond acceptors (Lipinski definition) is 5. The number of ether oxygens (including phenoxy) is 2. The Labute approximate surface area is 234 Å². The van der Waals surface area contributed by atoms with Crippen LogP contribution in [0.25, 0.3) is 11.1 Å². The second-order valence-electron chi connectivity index (χ2n) is 9.72. The number of hydrogen-bond donors (Lipinski definition) is 1. The van der Waals surface area contributed by atoms with E-state index in [1.807, 2.05) is 54.7 Å². The van der Waals surface area contributed by atoms with Crippen molar-refractivity contribution >= 4 is 17.5 Å². The summed E-state index contributed by atoms with van der Waals surface area (Å²) in [5.41, 5.74) is 12.7. The predicted molar refractivity (Wildman–Crippen MR) is 154 cm³/mol. The zero-order valence-electron chi connectivity index (χ0n) is 21.8. The molecule has 2 bridgehead atoms. The Morgan fingerprint density at radius 3 is 2.67 bits per heavy atom. The van der Waals surface area contributed by atoms with Gasteiger partial charge in [-0.15, -0.1) is 0 Å². The Kier molecular flexibility index (Phi) is 8.89. The summed E-state index contributed by atoms with van der Waals surface area (Å²) in [6.45, 7) is 2.13. The van der Waals surface area contributed by atoms with Gasteiger partial charge in [-0.1, -0.05) is 60.1 Å². The second kappa shape index (κ2) is 12.9. The third kappa shape index (κ3) is 7.24. The van der Waals surface area contributed by atoms with E-state index in [1.54, 1.807) is 11.1 Å². The molecule has 4 aromatic rings. The van der Waals surface area contributed by atoms with Crippen molar-refractivity contribution in [1.82, 2.24) is 9.88 Å². The lowest BCUT2D eigenvalue weighted by Crippen LogP contribution is -2.45. The van der Waals surface area contributed by atoms with Gasteiger partial charge in [-0.25, -0.2) is 0 Å². The number of benzene rings is 3. The molecule has 1 aliphatic heterocycles. The quantitative estimate of drug-likeness (QED) is 0.379. The van der Waals surface area contributed by atoms with Gasteiger partial charge in [0.1, 0.15) is 12.4 Å². The second-order valence-corrected chi connectivity index (χ2v) is 10.2. The summed E-state index contributed by atoms with van der Waals surface area (Å²) in [4.78, 5) is 19.5. The van der Waals surface area contributed by atoms with Gasteiger partial charge in [0.15, 0.2) is 0 Å². The normalized spacial score (nSPS) is 15.0. The van der Waals surface area contributed by atoms with Gasteiger partial charge in [-0.3, -0.25) is 9.78 Å². The Hall–Kier alpha value is -3.71.